The number of halogens is 3. The number of aromatic nitrogens is 1. The third-order valence-corrected chi connectivity index (χ3v) is 1.91. The van der Waals surface area contributed by atoms with Gasteiger partial charge in [-0.2, -0.15) is 0 Å². The molecule has 9 heteroatoms. The first-order valence-corrected chi connectivity index (χ1v) is 4.55. The van der Waals surface area contributed by atoms with Crippen molar-refractivity contribution in [1.29, 1.82) is 0 Å². The number of alkyl halides is 3. The third kappa shape index (κ3) is 3.00. The van der Waals surface area contributed by atoms with E-state index in [2.05, 4.69) is 9.72 Å². The SMILES string of the molecule is COc1c(CN)cnc(C(=O)O)c1OC(F)(F)F. The lowest BCUT2D eigenvalue weighted by atomic mass is 10.2. The number of nitrogens with two attached hydrogens (primary N) is 1. The van der Waals surface area contributed by atoms with Gasteiger partial charge in [-0.1, -0.05) is 0 Å². The molecular formula is C9H9F3N2O4. The first kappa shape index (κ1) is 14.0. The Balaban J connectivity index is 3.43. The summed E-state index contributed by atoms with van der Waals surface area (Å²) in [4.78, 5) is 14.1. The van der Waals surface area contributed by atoms with Crippen molar-refractivity contribution in [2.45, 2.75) is 12.9 Å². The van der Waals surface area contributed by atoms with Crippen LogP contribution in [0.2, 0.25) is 0 Å². The minimum Gasteiger partial charge on any atom is -0.492 e. The molecular weight excluding hydrogens is 257 g/mol. The van der Waals surface area contributed by atoms with E-state index in [9.17, 15) is 18.0 Å². The molecule has 0 aromatic carbocycles. The number of carboxylic acid groups (broad SMARTS) is 1. The maximum absolute atomic E-state index is 12.2. The topological polar surface area (TPSA) is 94.7 Å². The summed E-state index contributed by atoms with van der Waals surface area (Å²) in [5.41, 5.74) is 4.48. The fourth-order valence-electron chi connectivity index (χ4n) is 1.25. The Labute approximate surface area is 99.1 Å². The molecule has 3 N–H and O–H groups in total. The summed E-state index contributed by atoms with van der Waals surface area (Å²) in [6.07, 6.45) is -4.04. The maximum atomic E-state index is 12.2. The average Bonchev–Trinajstić information content (AvgIpc) is 2.25. The Kier molecular flexibility index (Phi) is 3.96. The van der Waals surface area contributed by atoms with Gasteiger partial charge in [-0.05, 0) is 0 Å². The van der Waals surface area contributed by atoms with Gasteiger partial charge < -0.3 is 20.3 Å². The van der Waals surface area contributed by atoms with E-state index in [0.717, 1.165) is 13.3 Å². The van der Waals surface area contributed by atoms with Crippen molar-refractivity contribution in [1.82, 2.24) is 4.98 Å². The highest BCUT2D eigenvalue weighted by molar-refractivity contribution is 5.89. The van der Waals surface area contributed by atoms with Gasteiger partial charge in [-0.3, -0.25) is 0 Å². The quantitative estimate of drug-likeness (QED) is 0.848. The first-order chi connectivity index (χ1) is 8.30. The molecule has 1 heterocycles. The standard InChI is InChI=1S/C9H9F3N2O4/c1-17-6-4(2-13)3-14-5(8(15)16)7(6)18-9(10,11)12/h3H,2,13H2,1H3,(H,15,16). The smallest absolute Gasteiger partial charge is 0.492 e. The van der Waals surface area contributed by atoms with Gasteiger partial charge in [0.05, 0.1) is 7.11 Å². The lowest BCUT2D eigenvalue weighted by Gasteiger charge is -2.16. The van der Waals surface area contributed by atoms with Crippen LogP contribution in [0.1, 0.15) is 16.1 Å². The molecule has 0 fully saturated rings. The number of carbonyl (C=O) groups is 1. The number of hydrogen-bond acceptors (Lipinski definition) is 5. The summed E-state index contributed by atoms with van der Waals surface area (Å²) in [7, 11) is 1.07. The molecule has 0 saturated heterocycles. The number of ether oxygens (including phenoxy) is 2. The Morgan fingerprint density at radius 2 is 2.11 bits per heavy atom. The molecule has 0 saturated carbocycles. The van der Waals surface area contributed by atoms with Crippen LogP contribution in [-0.2, 0) is 6.54 Å². The molecule has 1 aromatic heterocycles. The Morgan fingerprint density at radius 3 is 2.50 bits per heavy atom. The van der Waals surface area contributed by atoms with E-state index in [1.165, 1.54) is 0 Å². The van der Waals surface area contributed by atoms with Crippen LogP contribution in [0.5, 0.6) is 11.5 Å². The van der Waals surface area contributed by atoms with Crippen molar-refractivity contribution >= 4 is 5.97 Å². The summed E-state index contributed by atoms with van der Waals surface area (Å²) in [6.45, 7) is -0.176. The monoisotopic (exact) mass is 266 g/mol. The maximum Gasteiger partial charge on any atom is 0.573 e. The molecule has 18 heavy (non-hydrogen) atoms. The highest BCUT2D eigenvalue weighted by atomic mass is 19.4. The summed E-state index contributed by atoms with van der Waals surface area (Å²) in [5.74, 6) is -3.08. The van der Waals surface area contributed by atoms with E-state index >= 15 is 0 Å². The second kappa shape index (κ2) is 5.08. The van der Waals surface area contributed by atoms with E-state index in [1.807, 2.05) is 0 Å². The zero-order chi connectivity index (χ0) is 13.9. The number of hydrogen-bond donors (Lipinski definition) is 2. The molecule has 6 nitrogen and oxygen atoms in total. The molecule has 0 aliphatic rings. The largest absolute Gasteiger partial charge is 0.573 e. The second-order valence-electron chi connectivity index (χ2n) is 3.05. The van der Waals surface area contributed by atoms with Gasteiger partial charge in [-0.25, -0.2) is 9.78 Å². The zero-order valence-electron chi connectivity index (χ0n) is 9.11. The van der Waals surface area contributed by atoms with Crippen LogP contribution >= 0.6 is 0 Å². The summed E-state index contributed by atoms with van der Waals surface area (Å²) < 4.78 is 45.0. The van der Waals surface area contributed by atoms with Crippen LogP contribution in [0.4, 0.5) is 13.2 Å². The fraction of sp³-hybridized carbons (Fsp3) is 0.333. The Bertz CT molecular complexity index is 462. The van der Waals surface area contributed by atoms with Crippen molar-refractivity contribution in [2.24, 2.45) is 5.73 Å². The van der Waals surface area contributed by atoms with E-state index < -0.39 is 29.5 Å². The van der Waals surface area contributed by atoms with E-state index in [4.69, 9.17) is 15.6 Å². The highest BCUT2D eigenvalue weighted by Crippen LogP contribution is 2.37. The van der Waals surface area contributed by atoms with Crippen molar-refractivity contribution in [3.8, 4) is 11.5 Å². The predicted octanol–water partition coefficient (Wildman–Crippen LogP) is 1.15. The zero-order valence-corrected chi connectivity index (χ0v) is 9.11. The van der Waals surface area contributed by atoms with Crippen molar-refractivity contribution in [3.63, 3.8) is 0 Å². The van der Waals surface area contributed by atoms with Gasteiger partial charge in [0.2, 0.25) is 5.75 Å². The summed E-state index contributed by atoms with van der Waals surface area (Å²) in [6, 6.07) is 0. The predicted molar refractivity (Wildman–Crippen MR) is 52.3 cm³/mol. The minimum absolute atomic E-state index is 0.0988. The van der Waals surface area contributed by atoms with Gasteiger partial charge in [0.1, 0.15) is 0 Å². The van der Waals surface area contributed by atoms with Crippen LogP contribution in [0.15, 0.2) is 6.20 Å². The molecule has 0 bridgehead atoms. The first-order valence-electron chi connectivity index (χ1n) is 4.55. The molecule has 1 aromatic rings. The Morgan fingerprint density at radius 1 is 1.50 bits per heavy atom. The van der Waals surface area contributed by atoms with Crippen LogP contribution in [0.25, 0.3) is 0 Å². The number of carboxylic acids is 1. The minimum atomic E-state index is -5.06. The van der Waals surface area contributed by atoms with E-state index in [-0.39, 0.29) is 12.1 Å². The Hall–Kier alpha value is -2.03. The molecule has 0 atom stereocenters. The molecule has 0 radical (unpaired) electrons. The van der Waals surface area contributed by atoms with Crippen molar-refractivity contribution < 1.29 is 32.5 Å². The van der Waals surface area contributed by atoms with Gasteiger partial charge in [0, 0.05) is 18.3 Å². The molecule has 1 rings (SSSR count). The van der Waals surface area contributed by atoms with Gasteiger partial charge in [-0.15, -0.1) is 13.2 Å². The van der Waals surface area contributed by atoms with Crippen LogP contribution < -0.4 is 15.2 Å². The molecule has 0 unspecified atom stereocenters. The molecule has 0 aliphatic heterocycles. The number of methoxy groups -OCH3 is 1. The highest BCUT2D eigenvalue weighted by Gasteiger charge is 2.36. The van der Waals surface area contributed by atoms with Crippen molar-refractivity contribution in [3.05, 3.63) is 17.5 Å². The summed E-state index contributed by atoms with van der Waals surface area (Å²) in [5, 5.41) is 8.75. The normalized spacial score (nSPS) is 11.2. The van der Waals surface area contributed by atoms with Crippen LogP contribution in [0.3, 0.4) is 0 Å². The van der Waals surface area contributed by atoms with E-state index in [1.54, 1.807) is 0 Å². The molecule has 0 spiro atoms. The number of aromatic carboxylic acids is 1. The molecule has 0 amide bonds. The van der Waals surface area contributed by atoms with Crippen molar-refractivity contribution in [2.75, 3.05) is 7.11 Å². The number of nitrogens with zero attached hydrogens (tertiary/aromatic N) is 1. The fourth-order valence-corrected chi connectivity index (χ4v) is 1.25. The second-order valence-corrected chi connectivity index (χ2v) is 3.05. The van der Waals surface area contributed by atoms with Gasteiger partial charge in [0.15, 0.2) is 11.4 Å². The van der Waals surface area contributed by atoms with Crippen LogP contribution in [-0.4, -0.2) is 29.5 Å². The van der Waals surface area contributed by atoms with Gasteiger partial charge >= 0.3 is 12.3 Å². The lowest BCUT2D eigenvalue weighted by molar-refractivity contribution is -0.275. The average molecular weight is 266 g/mol. The van der Waals surface area contributed by atoms with Gasteiger partial charge in [0.25, 0.3) is 0 Å². The molecule has 0 aliphatic carbocycles. The van der Waals surface area contributed by atoms with Crippen LogP contribution in [0, 0.1) is 0 Å². The van der Waals surface area contributed by atoms with E-state index in [0.29, 0.717) is 0 Å². The number of pyridine rings is 1. The number of rotatable bonds is 4. The summed E-state index contributed by atoms with van der Waals surface area (Å²) >= 11 is 0. The molecule has 100 valence electrons. The lowest BCUT2D eigenvalue weighted by Crippen LogP contribution is -2.21. The third-order valence-electron chi connectivity index (χ3n) is 1.91.